The van der Waals surface area contributed by atoms with Crippen molar-refractivity contribution < 1.29 is 19.0 Å². The molecule has 0 spiro atoms. The summed E-state index contributed by atoms with van der Waals surface area (Å²) in [5, 5.41) is 0. The van der Waals surface area contributed by atoms with E-state index in [0.717, 1.165) is 5.56 Å². The monoisotopic (exact) mass is 279 g/mol. The van der Waals surface area contributed by atoms with Crippen LogP contribution in [-0.2, 0) is 4.74 Å². The zero-order valence-electron chi connectivity index (χ0n) is 12.5. The van der Waals surface area contributed by atoms with Crippen molar-refractivity contribution in [3.63, 3.8) is 0 Å². The summed E-state index contributed by atoms with van der Waals surface area (Å²) in [6.07, 6.45) is -0.590. The second kappa shape index (κ2) is 5.61. The van der Waals surface area contributed by atoms with Gasteiger partial charge in [0.1, 0.15) is 17.6 Å². The third-order valence-corrected chi connectivity index (χ3v) is 3.57. The molecule has 1 aromatic carbocycles. The second-order valence-electron chi connectivity index (χ2n) is 5.19. The van der Waals surface area contributed by atoms with E-state index in [2.05, 4.69) is 0 Å². The van der Waals surface area contributed by atoms with Gasteiger partial charge in [0.05, 0.1) is 20.3 Å². The first-order valence-corrected chi connectivity index (χ1v) is 6.69. The number of cyclic esters (lactones) is 1. The summed E-state index contributed by atoms with van der Waals surface area (Å²) in [6, 6.07) is 5.63. The number of rotatable bonds is 4. The molecule has 1 aliphatic heterocycles. The van der Waals surface area contributed by atoms with E-state index in [9.17, 15) is 4.79 Å². The molecule has 1 aromatic rings. The van der Waals surface area contributed by atoms with Gasteiger partial charge in [0.2, 0.25) is 0 Å². The van der Waals surface area contributed by atoms with Gasteiger partial charge in [-0.1, -0.05) is 0 Å². The van der Waals surface area contributed by atoms with Gasteiger partial charge in [-0.15, -0.1) is 0 Å². The van der Waals surface area contributed by atoms with Crippen LogP contribution in [-0.4, -0.2) is 37.3 Å². The van der Waals surface area contributed by atoms with E-state index in [1.807, 2.05) is 32.9 Å². The van der Waals surface area contributed by atoms with Crippen molar-refractivity contribution in [3.8, 4) is 11.5 Å². The van der Waals surface area contributed by atoms with Gasteiger partial charge in [0.15, 0.2) is 0 Å². The van der Waals surface area contributed by atoms with Gasteiger partial charge in [-0.05, 0) is 32.9 Å². The Morgan fingerprint density at radius 2 is 1.70 bits per heavy atom. The quantitative estimate of drug-likeness (QED) is 0.850. The molecule has 20 heavy (non-hydrogen) atoms. The lowest BCUT2D eigenvalue weighted by Crippen LogP contribution is -2.37. The van der Waals surface area contributed by atoms with Crippen LogP contribution in [0.3, 0.4) is 0 Å². The summed E-state index contributed by atoms with van der Waals surface area (Å²) in [5.74, 6) is 1.37. The molecule has 1 heterocycles. The van der Waals surface area contributed by atoms with Crippen LogP contribution in [0.4, 0.5) is 4.79 Å². The molecule has 0 N–H and O–H groups in total. The van der Waals surface area contributed by atoms with E-state index >= 15 is 0 Å². The number of hydrogen-bond donors (Lipinski definition) is 0. The van der Waals surface area contributed by atoms with Crippen LogP contribution in [0, 0.1) is 0 Å². The molecule has 2 atom stereocenters. The maximum atomic E-state index is 12.0. The van der Waals surface area contributed by atoms with Gasteiger partial charge in [-0.2, -0.15) is 0 Å². The minimum atomic E-state index is -0.311. The lowest BCUT2D eigenvalue weighted by Gasteiger charge is -2.24. The first kappa shape index (κ1) is 14.5. The zero-order chi connectivity index (χ0) is 14.9. The van der Waals surface area contributed by atoms with E-state index in [-0.39, 0.29) is 24.3 Å². The maximum absolute atomic E-state index is 12.0. The van der Waals surface area contributed by atoms with Crippen LogP contribution in [0.5, 0.6) is 11.5 Å². The molecule has 1 aliphatic rings. The van der Waals surface area contributed by atoms with E-state index in [0.29, 0.717) is 11.5 Å². The summed E-state index contributed by atoms with van der Waals surface area (Å²) < 4.78 is 16.0. The molecule has 5 nitrogen and oxygen atoms in total. The van der Waals surface area contributed by atoms with Gasteiger partial charge in [-0.25, -0.2) is 4.79 Å². The van der Waals surface area contributed by atoms with Crippen LogP contribution >= 0.6 is 0 Å². The normalized spacial score (nSPS) is 22.1. The van der Waals surface area contributed by atoms with Crippen molar-refractivity contribution in [1.82, 2.24) is 4.90 Å². The van der Waals surface area contributed by atoms with E-state index in [1.54, 1.807) is 25.2 Å². The summed E-state index contributed by atoms with van der Waals surface area (Å²) in [7, 11) is 3.20. The average molecular weight is 279 g/mol. The Balaban J connectivity index is 2.34. The Bertz CT molecular complexity index is 478. The summed E-state index contributed by atoms with van der Waals surface area (Å²) in [6.45, 7) is 5.94. The van der Waals surface area contributed by atoms with Crippen LogP contribution in [0.15, 0.2) is 18.2 Å². The molecule has 110 valence electrons. The van der Waals surface area contributed by atoms with Crippen LogP contribution in [0.1, 0.15) is 32.4 Å². The number of methoxy groups -OCH3 is 2. The number of benzene rings is 1. The topological polar surface area (TPSA) is 48.0 Å². The molecule has 0 aromatic heterocycles. The minimum Gasteiger partial charge on any atom is -0.497 e. The Labute approximate surface area is 119 Å². The largest absolute Gasteiger partial charge is 0.497 e. The zero-order valence-corrected chi connectivity index (χ0v) is 12.5. The third-order valence-electron chi connectivity index (χ3n) is 3.57. The van der Waals surface area contributed by atoms with Crippen molar-refractivity contribution in [2.75, 3.05) is 14.2 Å². The summed E-state index contributed by atoms with van der Waals surface area (Å²) in [4.78, 5) is 13.7. The van der Waals surface area contributed by atoms with Crippen molar-refractivity contribution >= 4 is 6.09 Å². The van der Waals surface area contributed by atoms with Gasteiger partial charge in [0, 0.05) is 17.7 Å². The Kier molecular flexibility index (Phi) is 4.06. The van der Waals surface area contributed by atoms with Crippen molar-refractivity contribution in [3.05, 3.63) is 23.8 Å². The molecule has 5 heteroatoms. The van der Waals surface area contributed by atoms with Crippen LogP contribution in [0.25, 0.3) is 0 Å². The minimum absolute atomic E-state index is 0.0284. The molecule has 2 rings (SSSR count). The number of hydrogen-bond acceptors (Lipinski definition) is 4. The standard InChI is InChI=1S/C15H21NO4/c1-9(2)16-10(3)14(20-15(16)17)11-6-12(18-4)8-13(7-11)19-5/h6-10,14H,1-5H3. The highest BCUT2D eigenvalue weighted by atomic mass is 16.6. The molecule has 1 saturated heterocycles. The van der Waals surface area contributed by atoms with Gasteiger partial charge in [0.25, 0.3) is 0 Å². The van der Waals surface area contributed by atoms with Crippen molar-refractivity contribution in [2.24, 2.45) is 0 Å². The maximum Gasteiger partial charge on any atom is 0.411 e. The highest BCUT2D eigenvalue weighted by molar-refractivity contribution is 5.71. The van der Waals surface area contributed by atoms with Crippen molar-refractivity contribution in [2.45, 2.75) is 39.0 Å². The molecule has 2 unspecified atom stereocenters. The van der Waals surface area contributed by atoms with E-state index in [4.69, 9.17) is 14.2 Å². The Hall–Kier alpha value is -1.91. The van der Waals surface area contributed by atoms with Crippen LogP contribution < -0.4 is 9.47 Å². The van der Waals surface area contributed by atoms with Crippen molar-refractivity contribution in [1.29, 1.82) is 0 Å². The van der Waals surface area contributed by atoms with Crippen LogP contribution in [0.2, 0.25) is 0 Å². The molecule has 1 fully saturated rings. The fraction of sp³-hybridized carbons (Fsp3) is 0.533. The fourth-order valence-corrected chi connectivity index (χ4v) is 2.60. The third kappa shape index (κ3) is 2.53. The Morgan fingerprint density at radius 3 is 2.10 bits per heavy atom. The molecule has 0 bridgehead atoms. The lowest BCUT2D eigenvalue weighted by atomic mass is 10.0. The lowest BCUT2D eigenvalue weighted by molar-refractivity contribution is 0.128. The highest BCUT2D eigenvalue weighted by Gasteiger charge is 2.41. The number of carbonyl (C=O) groups is 1. The smallest absolute Gasteiger partial charge is 0.411 e. The molecule has 0 saturated carbocycles. The Morgan fingerprint density at radius 1 is 1.15 bits per heavy atom. The molecule has 1 amide bonds. The fourth-order valence-electron chi connectivity index (χ4n) is 2.60. The number of carbonyl (C=O) groups excluding carboxylic acids is 1. The first-order chi connectivity index (χ1) is 9.47. The number of amides is 1. The molecular formula is C15H21NO4. The molecule has 0 radical (unpaired) electrons. The SMILES string of the molecule is COc1cc(OC)cc(C2OC(=O)N(C(C)C)C2C)c1. The second-order valence-corrected chi connectivity index (χ2v) is 5.19. The molecule has 0 aliphatic carbocycles. The molecular weight excluding hydrogens is 258 g/mol. The van der Waals surface area contributed by atoms with Gasteiger partial charge >= 0.3 is 6.09 Å². The first-order valence-electron chi connectivity index (χ1n) is 6.69. The summed E-state index contributed by atoms with van der Waals surface area (Å²) in [5.41, 5.74) is 0.880. The average Bonchev–Trinajstić information content (AvgIpc) is 2.73. The highest BCUT2D eigenvalue weighted by Crippen LogP contribution is 2.36. The number of ether oxygens (including phenoxy) is 3. The van der Waals surface area contributed by atoms with Gasteiger partial charge in [-0.3, -0.25) is 4.90 Å². The van der Waals surface area contributed by atoms with E-state index in [1.165, 1.54) is 0 Å². The number of nitrogens with zero attached hydrogens (tertiary/aromatic N) is 1. The van der Waals surface area contributed by atoms with Gasteiger partial charge < -0.3 is 14.2 Å². The predicted octanol–water partition coefficient (Wildman–Crippen LogP) is 2.99. The van der Waals surface area contributed by atoms with E-state index < -0.39 is 0 Å². The predicted molar refractivity (Wildman–Crippen MR) is 75.2 cm³/mol. The summed E-state index contributed by atoms with van der Waals surface area (Å²) >= 11 is 0.